The predicted molar refractivity (Wildman–Crippen MR) is 99.8 cm³/mol. The summed E-state index contributed by atoms with van der Waals surface area (Å²) in [6.07, 6.45) is 0. The second-order valence-electron chi connectivity index (χ2n) is 5.77. The molecule has 3 rings (SSSR count). The van der Waals surface area contributed by atoms with Gasteiger partial charge in [0, 0.05) is 12.1 Å². The average molecular weight is 365 g/mol. The van der Waals surface area contributed by atoms with Gasteiger partial charge in [-0.2, -0.15) is 5.90 Å². The third-order valence-electron chi connectivity index (χ3n) is 3.87. The van der Waals surface area contributed by atoms with Crippen LogP contribution in [0.4, 0.5) is 0 Å². The molecule has 0 unspecified atom stereocenters. The molecule has 0 amide bonds. The monoisotopic (exact) mass is 365 g/mol. The van der Waals surface area contributed by atoms with Crippen LogP contribution in [0.2, 0.25) is 0 Å². The molecule has 0 saturated heterocycles. The summed E-state index contributed by atoms with van der Waals surface area (Å²) in [5, 5.41) is 9.52. The first-order valence-electron chi connectivity index (χ1n) is 8.29. The van der Waals surface area contributed by atoms with Gasteiger partial charge < -0.3 is 19.4 Å². The molecule has 3 N–H and O–H groups in total. The summed E-state index contributed by atoms with van der Waals surface area (Å²) in [7, 11) is 0. The van der Waals surface area contributed by atoms with Gasteiger partial charge >= 0.3 is 5.97 Å². The molecule has 0 radical (unpaired) electrons. The summed E-state index contributed by atoms with van der Waals surface area (Å²) in [5.74, 6) is 4.55. The van der Waals surface area contributed by atoms with E-state index in [1.165, 1.54) is 12.1 Å². The molecule has 0 aromatic heterocycles. The molecule has 6 heteroatoms. The molecular formula is C21H19NO5. The Bertz CT molecular complexity index is 897. The molecule has 138 valence electrons. The largest absolute Gasteiger partial charge is 0.489 e. The molecule has 0 spiro atoms. The third-order valence-corrected chi connectivity index (χ3v) is 3.87. The van der Waals surface area contributed by atoms with E-state index in [1.54, 1.807) is 0 Å². The first-order valence-corrected chi connectivity index (χ1v) is 8.29. The molecule has 3 aromatic carbocycles. The Hall–Kier alpha value is -3.51. The minimum Gasteiger partial charge on any atom is -0.489 e. The van der Waals surface area contributed by atoms with E-state index in [-0.39, 0.29) is 23.7 Å². The highest BCUT2D eigenvalue weighted by Crippen LogP contribution is 2.34. The van der Waals surface area contributed by atoms with Gasteiger partial charge in [-0.1, -0.05) is 60.7 Å². The van der Waals surface area contributed by atoms with Crippen molar-refractivity contribution in [2.75, 3.05) is 0 Å². The molecular weight excluding hydrogens is 346 g/mol. The van der Waals surface area contributed by atoms with Crippen LogP contribution in [-0.2, 0) is 13.2 Å². The minimum absolute atomic E-state index is 0.0314. The SMILES string of the molecule is NOc1cc(OCc2ccccc2)cc(OCc2ccccc2)c1C(=O)O. The van der Waals surface area contributed by atoms with Crippen LogP contribution in [0.25, 0.3) is 0 Å². The number of ether oxygens (including phenoxy) is 2. The molecule has 0 heterocycles. The van der Waals surface area contributed by atoms with Gasteiger partial charge in [0.15, 0.2) is 5.75 Å². The Balaban J connectivity index is 1.85. The number of carbonyl (C=O) groups is 1. The van der Waals surface area contributed by atoms with Crippen LogP contribution in [0.1, 0.15) is 21.5 Å². The summed E-state index contributed by atoms with van der Waals surface area (Å²) < 4.78 is 11.5. The van der Waals surface area contributed by atoms with E-state index in [2.05, 4.69) is 0 Å². The zero-order valence-electron chi connectivity index (χ0n) is 14.5. The van der Waals surface area contributed by atoms with Crippen LogP contribution in [0.15, 0.2) is 72.8 Å². The molecule has 0 fully saturated rings. The van der Waals surface area contributed by atoms with Crippen molar-refractivity contribution in [3.63, 3.8) is 0 Å². The van der Waals surface area contributed by atoms with Crippen molar-refractivity contribution in [1.29, 1.82) is 0 Å². The number of benzene rings is 3. The molecule has 3 aromatic rings. The number of hydrogen-bond acceptors (Lipinski definition) is 5. The van der Waals surface area contributed by atoms with Gasteiger partial charge in [0.05, 0.1) is 0 Å². The van der Waals surface area contributed by atoms with Gasteiger partial charge in [-0.05, 0) is 11.1 Å². The summed E-state index contributed by atoms with van der Waals surface area (Å²) in [5.41, 5.74) is 1.72. The van der Waals surface area contributed by atoms with Gasteiger partial charge in [0.25, 0.3) is 0 Å². The lowest BCUT2D eigenvalue weighted by Gasteiger charge is -2.15. The quantitative estimate of drug-likeness (QED) is 0.590. The second-order valence-corrected chi connectivity index (χ2v) is 5.77. The van der Waals surface area contributed by atoms with Crippen LogP contribution in [0, 0.1) is 0 Å². The minimum atomic E-state index is -1.20. The molecule has 0 aliphatic carbocycles. The highest BCUT2D eigenvalue weighted by atomic mass is 16.6. The van der Waals surface area contributed by atoms with Gasteiger partial charge in [-0.25, -0.2) is 4.79 Å². The zero-order valence-corrected chi connectivity index (χ0v) is 14.5. The van der Waals surface area contributed by atoms with E-state index in [9.17, 15) is 9.90 Å². The first-order chi connectivity index (χ1) is 13.2. The van der Waals surface area contributed by atoms with Crippen molar-refractivity contribution in [2.24, 2.45) is 5.90 Å². The molecule has 0 bridgehead atoms. The van der Waals surface area contributed by atoms with Gasteiger partial charge in [-0.3, -0.25) is 0 Å². The standard InChI is InChI=1S/C21H19NO5/c22-27-19-12-17(25-13-15-7-3-1-4-8-15)11-18(20(19)21(23)24)26-14-16-9-5-2-6-10-16/h1-12H,13-14,22H2,(H,23,24). The van der Waals surface area contributed by atoms with Gasteiger partial charge in [-0.15, -0.1) is 0 Å². The van der Waals surface area contributed by atoms with Crippen LogP contribution >= 0.6 is 0 Å². The number of aromatic carboxylic acids is 1. The Kier molecular flexibility index (Phi) is 5.91. The van der Waals surface area contributed by atoms with Crippen molar-refractivity contribution in [1.82, 2.24) is 0 Å². The Morgan fingerprint density at radius 3 is 1.85 bits per heavy atom. The maximum Gasteiger partial charge on any atom is 0.343 e. The van der Waals surface area contributed by atoms with Gasteiger partial charge in [0.2, 0.25) is 0 Å². The van der Waals surface area contributed by atoms with Gasteiger partial charge in [0.1, 0.15) is 30.3 Å². The normalized spacial score (nSPS) is 10.3. The van der Waals surface area contributed by atoms with E-state index in [4.69, 9.17) is 20.2 Å². The van der Waals surface area contributed by atoms with Crippen LogP contribution in [0.5, 0.6) is 17.2 Å². The number of hydrogen-bond donors (Lipinski definition) is 2. The summed E-state index contributed by atoms with van der Waals surface area (Å²) in [6, 6.07) is 22.0. The first kappa shape index (κ1) is 18.3. The fourth-order valence-corrected chi connectivity index (χ4v) is 2.54. The van der Waals surface area contributed by atoms with Crippen molar-refractivity contribution in [3.8, 4) is 17.2 Å². The van der Waals surface area contributed by atoms with E-state index in [1.807, 2.05) is 60.7 Å². The lowest BCUT2D eigenvalue weighted by molar-refractivity contribution is 0.0686. The number of rotatable bonds is 8. The molecule has 0 aliphatic heterocycles. The van der Waals surface area contributed by atoms with Crippen molar-refractivity contribution >= 4 is 5.97 Å². The van der Waals surface area contributed by atoms with Crippen LogP contribution in [0.3, 0.4) is 0 Å². The number of carboxylic acid groups (broad SMARTS) is 1. The molecule has 0 saturated carbocycles. The molecule has 27 heavy (non-hydrogen) atoms. The van der Waals surface area contributed by atoms with E-state index < -0.39 is 5.97 Å². The molecule has 0 atom stereocenters. The Labute approximate surface area is 156 Å². The maximum atomic E-state index is 11.6. The van der Waals surface area contributed by atoms with E-state index in [0.717, 1.165) is 11.1 Å². The fraction of sp³-hybridized carbons (Fsp3) is 0.0952. The second kappa shape index (κ2) is 8.73. The summed E-state index contributed by atoms with van der Waals surface area (Å²) >= 11 is 0. The summed E-state index contributed by atoms with van der Waals surface area (Å²) in [6.45, 7) is 0.517. The highest BCUT2D eigenvalue weighted by molar-refractivity contribution is 5.94. The van der Waals surface area contributed by atoms with Crippen LogP contribution < -0.4 is 20.2 Å². The molecule has 0 aliphatic rings. The lowest BCUT2D eigenvalue weighted by Crippen LogP contribution is -2.11. The van der Waals surface area contributed by atoms with Crippen molar-refractivity contribution < 1.29 is 24.2 Å². The third kappa shape index (κ3) is 4.77. The van der Waals surface area contributed by atoms with E-state index in [0.29, 0.717) is 12.4 Å². The number of carboxylic acids is 1. The smallest absolute Gasteiger partial charge is 0.343 e. The lowest BCUT2D eigenvalue weighted by atomic mass is 10.1. The van der Waals surface area contributed by atoms with E-state index >= 15 is 0 Å². The fourth-order valence-electron chi connectivity index (χ4n) is 2.54. The Morgan fingerprint density at radius 1 is 0.815 bits per heavy atom. The van der Waals surface area contributed by atoms with Crippen LogP contribution in [-0.4, -0.2) is 11.1 Å². The topological polar surface area (TPSA) is 91.0 Å². The summed E-state index contributed by atoms with van der Waals surface area (Å²) in [4.78, 5) is 16.4. The molecule has 6 nitrogen and oxygen atoms in total. The maximum absolute atomic E-state index is 11.6. The predicted octanol–water partition coefficient (Wildman–Crippen LogP) is 3.80. The average Bonchev–Trinajstić information content (AvgIpc) is 2.71. The number of nitrogens with two attached hydrogens (primary N) is 1. The van der Waals surface area contributed by atoms with Crippen molar-refractivity contribution in [2.45, 2.75) is 13.2 Å². The van der Waals surface area contributed by atoms with Crippen molar-refractivity contribution in [3.05, 3.63) is 89.5 Å². The Morgan fingerprint density at radius 2 is 1.33 bits per heavy atom. The highest BCUT2D eigenvalue weighted by Gasteiger charge is 2.21. The zero-order chi connectivity index (χ0) is 19.1.